The molecule has 0 aliphatic carbocycles. The maximum absolute atomic E-state index is 5.91. The van der Waals surface area contributed by atoms with Crippen LogP contribution in [0.2, 0.25) is 0 Å². The smallest absolute Gasteiger partial charge is 0.209 e. The highest BCUT2D eigenvalue weighted by atomic mass is 35.6. The van der Waals surface area contributed by atoms with E-state index in [4.69, 9.17) is 69.6 Å². The van der Waals surface area contributed by atoms with Gasteiger partial charge in [0.2, 0.25) is 7.59 Å². The molecule has 29 heavy (non-hydrogen) atoms. The van der Waals surface area contributed by atoms with Gasteiger partial charge in [0.05, 0.1) is 0 Å². The van der Waals surface area contributed by atoms with Crippen LogP contribution in [0.4, 0.5) is 0 Å². The summed E-state index contributed by atoms with van der Waals surface area (Å²) < 4.78 is -3.78. The molecule has 0 N–H and O–H groups in total. The fraction of sp³-hybridized carbons (Fsp3) is 0.150. The van der Waals surface area contributed by atoms with Crippen LogP contribution in [0.3, 0.4) is 0 Å². The molecule has 0 saturated carbocycles. The van der Waals surface area contributed by atoms with Crippen molar-refractivity contribution < 1.29 is 0 Å². The Morgan fingerprint density at radius 2 is 1.03 bits per heavy atom. The van der Waals surface area contributed by atoms with Gasteiger partial charge in [0.25, 0.3) is 0 Å². The van der Waals surface area contributed by atoms with Gasteiger partial charge >= 0.3 is 0 Å². The summed E-state index contributed by atoms with van der Waals surface area (Å²) in [6.07, 6.45) is 4.03. The van der Waals surface area contributed by atoms with Gasteiger partial charge in [0, 0.05) is 5.56 Å². The molecule has 2 aromatic carbocycles. The lowest BCUT2D eigenvalue weighted by molar-refractivity contribution is 0.851. The standard InChI is InChI=1S/C20H13Cl6N3/c1-12-2-4-13(5-3-12)6-7-14-8-10-15(11-9-14)16-27-17(19(21,22)23)29-18(28-16)20(24,25)26/h2-11H,1H3/b7-6+. The molecule has 0 spiro atoms. The largest absolute Gasteiger partial charge is 0.250 e. The van der Waals surface area contributed by atoms with Crippen LogP contribution in [0.1, 0.15) is 28.3 Å². The summed E-state index contributed by atoms with van der Waals surface area (Å²) in [5.74, 6) is -0.0222. The first-order valence-electron chi connectivity index (χ1n) is 8.28. The average molecular weight is 508 g/mol. The maximum Gasteiger partial charge on any atom is 0.250 e. The second-order valence-corrected chi connectivity index (χ2v) is 10.7. The first-order valence-corrected chi connectivity index (χ1v) is 10.5. The zero-order chi connectivity index (χ0) is 21.2. The van der Waals surface area contributed by atoms with E-state index in [2.05, 4.69) is 46.1 Å². The highest BCUT2D eigenvalue weighted by Crippen LogP contribution is 2.40. The van der Waals surface area contributed by atoms with Crippen molar-refractivity contribution >= 4 is 81.8 Å². The van der Waals surface area contributed by atoms with E-state index < -0.39 is 7.59 Å². The lowest BCUT2D eigenvalue weighted by atomic mass is 10.1. The van der Waals surface area contributed by atoms with Crippen LogP contribution < -0.4 is 0 Å². The van der Waals surface area contributed by atoms with Crippen molar-refractivity contribution in [2.24, 2.45) is 0 Å². The van der Waals surface area contributed by atoms with Crippen molar-refractivity contribution in [2.45, 2.75) is 14.5 Å². The van der Waals surface area contributed by atoms with Crippen molar-refractivity contribution in [3.63, 3.8) is 0 Å². The molecule has 1 aromatic heterocycles. The van der Waals surface area contributed by atoms with Crippen LogP contribution in [0, 0.1) is 6.92 Å². The molecule has 1 heterocycles. The summed E-state index contributed by atoms with van der Waals surface area (Å²) in [5.41, 5.74) is 3.97. The van der Waals surface area contributed by atoms with Crippen molar-refractivity contribution in [1.29, 1.82) is 0 Å². The van der Waals surface area contributed by atoms with E-state index in [1.807, 2.05) is 36.4 Å². The number of rotatable bonds is 3. The summed E-state index contributed by atoms with van der Waals surface area (Å²) in [4.78, 5) is 12.4. The summed E-state index contributed by atoms with van der Waals surface area (Å²) >= 11 is 35.5. The van der Waals surface area contributed by atoms with Crippen LogP contribution >= 0.6 is 69.6 Å². The van der Waals surface area contributed by atoms with E-state index in [1.54, 1.807) is 0 Å². The lowest BCUT2D eigenvalue weighted by Crippen LogP contribution is -2.16. The van der Waals surface area contributed by atoms with Gasteiger partial charge in [-0.05, 0) is 18.1 Å². The number of hydrogen-bond donors (Lipinski definition) is 0. The Hall–Kier alpha value is -1.07. The van der Waals surface area contributed by atoms with Gasteiger partial charge in [-0.25, -0.2) is 15.0 Å². The number of aryl methyl sites for hydroxylation is 1. The van der Waals surface area contributed by atoms with E-state index in [1.165, 1.54) is 5.56 Å². The molecule has 0 amide bonds. The van der Waals surface area contributed by atoms with Gasteiger partial charge in [-0.3, -0.25) is 0 Å². The number of alkyl halides is 6. The Labute approximate surface area is 198 Å². The van der Waals surface area contributed by atoms with Crippen LogP contribution in [0.15, 0.2) is 48.5 Å². The second-order valence-electron chi connectivity index (χ2n) is 6.17. The predicted molar refractivity (Wildman–Crippen MR) is 124 cm³/mol. The Balaban J connectivity index is 1.91. The number of halogens is 6. The van der Waals surface area contributed by atoms with Crippen molar-refractivity contribution in [1.82, 2.24) is 15.0 Å². The second kappa shape index (κ2) is 8.97. The van der Waals surface area contributed by atoms with Crippen LogP contribution in [0.25, 0.3) is 23.5 Å². The zero-order valence-corrected chi connectivity index (χ0v) is 19.4. The van der Waals surface area contributed by atoms with E-state index in [-0.39, 0.29) is 17.5 Å². The third kappa shape index (κ3) is 6.21. The van der Waals surface area contributed by atoms with Crippen LogP contribution in [-0.2, 0) is 7.59 Å². The molecule has 0 unspecified atom stereocenters. The fourth-order valence-corrected chi connectivity index (χ4v) is 2.88. The average Bonchev–Trinajstić information content (AvgIpc) is 2.66. The van der Waals surface area contributed by atoms with Gasteiger partial charge in [-0.1, -0.05) is 136 Å². The molecule has 150 valence electrons. The number of hydrogen-bond acceptors (Lipinski definition) is 3. The summed E-state index contributed by atoms with van der Waals surface area (Å²) in [7, 11) is 0. The molecule has 3 rings (SSSR count). The molecule has 0 saturated heterocycles. The number of nitrogens with zero attached hydrogens (tertiary/aromatic N) is 3. The molecule has 3 nitrogen and oxygen atoms in total. The van der Waals surface area contributed by atoms with E-state index in [9.17, 15) is 0 Å². The highest BCUT2D eigenvalue weighted by Gasteiger charge is 2.33. The van der Waals surface area contributed by atoms with Crippen molar-refractivity contribution in [3.05, 3.63) is 76.9 Å². The minimum absolute atomic E-state index is 0.128. The molecule has 0 radical (unpaired) electrons. The fourth-order valence-electron chi connectivity index (χ4n) is 2.37. The molecular weight excluding hydrogens is 495 g/mol. The number of benzene rings is 2. The predicted octanol–water partition coefficient (Wildman–Crippen LogP) is 7.67. The van der Waals surface area contributed by atoms with Gasteiger partial charge in [0.15, 0.2) is 17.5 Å². The molecule has 9 heteroatoms. The van der Waals surface area contributed by atoms with Crippen molar-refractivity contribution in [3.8, 4) is 11.4 Å². The molecule has 0 atom stereocenters. The summed E-state index contributed by atoms with van der Waals surface area (Å²) in [6.45, 7) is 2.05. The summed E-state index contributed by atoms with van der Waals surface area (Å²) in [5, 5.41) is 0. The van der Waals surface area contributed by atoms with E-state index >= 15 is 0 Å². The monoisotopic (exact) mass is 505 g/mol. The Bertz CT molecular complexity index is 988. The lowest BCUT2D eigenvalue weighted by Gasteiger charge is -2.15. The Morgan fingerprint density at radius 3 is 1.45 bits per heavy atom. The molecule has 3 aromatic rings. The first kappa shape index (κ1) is 22.6. The quantitative estimate of drug-likeness (QED) is 0.269. The van der Waals surface area contributed by atoms with Crippen LogP contribution in [-0.4, -0.2) is 15.0 Å². The molecular formula is C20H13Cl6N3. The summed E-state index contributed by atoms with van der Waals surface area (Å²) in [6, 6.07) is 15.7. The topological polar surface area (TPSA) is 38.7 Å². The third-order valence-corrected chi connectivity index (χ3v) is 4.87. The SMILES string of the molecule is Cc1ccc(/C=C/c2ccc(-c3nc(C(Cl)(Cl)Cl)nc(C(Cl)(Cl)Cl)n3)cc2)cc1. The molecule has 0 fully saturated rings. The Kier molecular flexibility index (Phi) is 6.99. The van der Waals surface area contributed by atoms with Gasteiger partial charge < -0.3 is 0 Å². The minimum atomic E-state index is -1.89. The van der Waals surface area contributed by atoms with E-state index in [0.717, 1.165) is 11.1 Å². The van der Waals surface area contributed by atoms with Gasteiger partial charge in [-0.15, -0.1) is 0 Å². The Morgan fingerprint density at radius 1 is 0.621 bits per heavy atom. The molecule has 0 aliphatic rings. The minimum Gasteiger partial charge on any atom is -0.209 e. The molecule has 0 aliphatic heterocycles. The van der Waals surface area contributed by atoms with E-state index in [0.29, 0.717) is 5.56 Å². The van der Waals surface area contributed by atoms with Gasteiger partial charge in [-0.2, -0.15) is 0 Å². The van der Waals surface area contributed by atoms with Gasteiger partial charge in [0.1, 0.15) is 0 Å². The zero-order valence-electron chi connectivity index (χ0n) is 14.9. The first-order chi connectivity index (χ1) is 13.5. The normalized spacial score (nSPS) is 12.5. The maximum atomic E-state index is 5.91. The highest BCUT2D eigenvalue weighted by molar-refractivity contribution is 6.67. The van der Waals surface area contributed by atoms with Crippen LogP contribution in [0.5, 0.6) is 0 Å². The number of aromatic nitrogens is 3. The molecule has 0 bridgehead atoms. The van der Waals surface area contributed by atoms with Crippen molar-refractivity contribution in [2.75, 3.05) is 0 Å². The third-order valence-electron chi connectivity index (χ3n) is 3.86.